The minimum atomic E-state index is 0.248. The smallest absolute Gasteiger partial charge is 0.224 e. The Labute approximate surface area is 107 Å². The van der Waals surface area contributed by atoms with Gasteiger partial charge in [-0.25, -0.2) is 4.68 Å². The molecule has 0 aliphatic carbocycles. The molecule has 2 heterocycles. The van der Waals surface area contributed by atoms with E-state index in [1.807, 2.05) is 11.8 Å². The summed E-state index contributed by atoms with van der Waals surface area (Å²) < 4.78 is 1.78. The molecule has 0 unspecified atom stereocenters. The van der Waals surface area contributed by atoms with Crippen molar-refractivity contribution in [3.63, 3.8) is 0 Å². The lowest BCUT2D eigenvalue weighted by Crippen LogP contribution is -2.36. The molecule has 6 heteroatoms. The van der Waals surface area contributed by atoms with Gasteiger partial charge < -0.3 is 10.2 Å². The highest BCUT2D eigenvalue weighted by molar-refractivity contribution is 5.76. The lowest BCUT2D eigenvalue weighted by molar-refractivity contribution is -0.131. The summed E-state index contributed by atoms with van der Waals surface area (Å²) in [7, 11) is 0. The fraction of sp³-hybridized carbons (Fsp3) is 0.750. The Morgan fingerprint density at radius 3 is 2.89 bits per heavy atom. The molecule has 0 atom stereocenters. The summed E-state index contributed by atoms with van der Waals surface area (Å²) in [4.78, 5) is 13.9. The fourth-order valence-electron chi connectivity index (χ4n) is 2.23. The Bertz CT molecular complexity index is 384. The topological polar surface area (TPSA) is 63.1 Å². The number of carbonyl (C=O) groups excluding carboxylic acids is 1. The van der Waals surface area contributed by atoms with E-state index in [0.29, 0.717) is 13.0 Å². The Morgan fingerprint density at radius 2 is 2.17 bits per heavy atom. The Kier molecular flexibility index (Phi) is 4.55. The lowest BCUT2D eigenvalue weighted by Gasteiger charge is -2.26. The molecule has 1 aliphatic rings. The molecule has 2 rings (SSSR count). The van der Waals surface area contributed by atoms with E-state index in [0.717, 1.165) is 38.3 Å². The molecule has 0 radical (unpaired) electrons. The van der Waals surface area contributed by atoms with Crippen molar-refractivity contribution in [2.45, 2.75) is 39.2 Å². The van der Waals surface area contributed by atoms with Crippen molar-refractivity contribution >= 4 is 11.7 Å². The summed E-state index contributed by atoms with van der Waals surface area (Å²) >= 11 is 0. The number of rotatable bonds is 5. The molecule has 6 nitrogen and oxygen atoms in total. The van der Waals surface area contributed by atoms with E-state index in [9.17, 15) is 4.79 Å². The monoisotopic (exact) mass is 251 g/mol. The number of piperidine rings is 1. The molecule has 0 bridgehead atoms. The minimum Gasteiger partial charge on any atom is -0.368 e. The van der Waals surface area contributed by atoms with Gasteiger partial charge in [-0.2, -0.15) is 0 Å². The van der Waals surface area contributed by atoms with Gasteiger partial charge >= 0.3 is 0 Å². The first-order valence-corrected chi connectivity index (χ1v) is 6.71. The zero-order valence-corrected chi connectivity index (χ0v) is 10.9. The summed E-state index contributed by atoms with van der Waals surface area (Å²) in [6.45, 7) is 5.28. The lowest BCUT2D eigenvalue weighted by atomic mass is 10.1. The molecule has 18 heavy (non-hydrogen) atoms. The van der Waals surface area contributed by atoms with E-state index in [4.69, 9.17) is 0 Å². The van der Waals surface area contributed by atoms with Gasteiger partial charge in [0.15, 0.2) is 0 Å². The van der Waals surface area contributed by atoms with Gasteiger partial charge in [0.2, 0.25) is 5.91 Å². The Balaban J connectivity index is 1.73. The third kappa shape index (κ3) is 3.21. The molecule has 0 aromatic carbocycles. The van der Waals surface area contributed by atoms with Crippen LogP contribution in [0, 0.1) is 0 Å². The van der Waals surface area contributed by atoms with Crippen molar-refractivity contribution in [2.75, 3.05) is 25.0 Å². The van der Waals surface area contributed by atoms with E-state index in [2.05, 4.69) is 15.6 Å². The standard InChI is InChI=1S/C12H21N5O/c1-2-17-11(10-14-15-17)13-7-6-12(18)16-8-4-3-5-9-16/h10,13H,2-9H2,1H3. The number of nitrogens with one attached hydrogen (secondary N) is 1. The van der Waals surface area contributed by atoms with E-state index in [-0.39, 0.29) is 5.91 Å². The quantitative estimate of drug-likeness (QED) is 0.851. The van der Waals surface area contributed by atoms with Crippen molar-refractivity contribution in [3.05, 3.63) is 6.20 Å². The summed E-state index contributed by atoms with van der Waals surface area (Å²) in [5, 5.41) is 11.0. The SMILES string of the molecule is CCn1nncc1NCCC(=O)N1CCCCC1. The van der Waals surface area contributed by atoms with Crippen LogP contribution in [0.4, 0.5) is 5.82 Å². The summed E-state index contributed by atoms with van der Waals surface area (Å²) in [5.41, 5.74) is 0. The zero-order chi connectivity index (χ0) is 12.8. The highest BCUT2D eigenvalue weighted by Gasteiger charge is 2.15. The van der Waals surface area contributed by atoms with Crippen molar-refractivity contribution in [3.8, 4) is 0 Å². The highest BCUT2D eigenvalue weighted by atomic mass is 16.2. The van der Waals surface area contributed by atoms with E-state index >= 15 is 0 Å². The first-order chi connectivity index (χ1) is 8.81. The number of likely N-dealkylation sites (tertiary alicyclic amines) is 1. The van der Waals surface area contributed by atoms with Gasteiger partial charge in [0.1, 0.15) is 5.82 Å². The largest absolute Gasteiger partial charge is 0.368 e. The van der Waals surface area contributed by atoms with Gasteiger partial charge in [0.25, 0.3) is 0 Å². The predicted octanol–water partition coefficient (Wildman–Crippen LogP) is 1.11. The van der Waals surface area contributed by atoms with Crippen molar-refractivity contribution < 1.29 is 4.79 Å². The molecular formula is C12H21N5O. The van der Waals surface area contributed by atoms with E-state index in [1.54, 1.807) is 10.9 Å². The first kappa shape index (κ1) is 12.9. The van der Waals surface area contributed by atoms with Crippen LogP contribution in [0.25, 0.3) is 0 Å². The summed E-state index contributed by atoms with van der Waals surface area (Å²) in [6.07, 6.45) is 5.77. The van der Waals surface area contributed by atoms with Crippen LogP contribution in [0.5, 0.6) is 0 Å². The molecule has 1 N–H and O–H groups in total. The average molecular weight is 251 g/mol. The van der Waals surface area contributed by atoms with Crippen molar-refractivity contribution in [2.24, 2.45) is 0 Å². The molecule has 1 aliphatic heterocycles. The van der Waals surface area contributed by atoms with Crippen LogP contribution in [-0.2, 0) is 11.3 Å². The van der Waals surface area contributed by atoms with Gasteiger partial charge in [-0.15, -0.1) is 5.10 Å². The van der Waals surface area contributed by atoms with Crippen LogP contribution in [0.15, 0.2) is 6.20 Å². The first-order valence-electron chi connectivity index (χ1n) is 6.71. The maximum Gasteiger partial charge on any atom is 0.224 e. The maximum atomic E-state index is 11.9. The third-order valence-electron chi connectivity index (χ3n) is 3.27. The molecule has 1 saturated heterocycles. The fourth-order valence-corrected chi connectivity index (χ4v) is 2.23. The van der Waals surface area contributed by atoms with Crippen LogP contribution >= 0.6 is 0 Å². The second-order valence-corrected chi connectivity index (χ2v) is 4.55. The number of nitrogens with zero attached hydrogens (tertiary/aromatic N) is 4. The maximum absolute atomic E-state index is 11.9. The second-order valence-electron chi connectivity index (χ2n) is 4.55. The minimum absolute atomic E-state index is 0.248. The number of hydrogen-bond acceptors (Lipinski definition) is 4. The number of anilines is 1. The van der Waals surface area contributed by atoms with Crippen LogP contribution in [0.2, 0.25) is 0 Å². The molecule has 100 valence electrons. The zero-order valence-electron chi connectivity index (χ0n) is 10.9. The Morgan fingerprint density at radius 1 is 1.39 bits per heavy atom. The summed E-state index contributed by atoms with van der Waals surface area (Å²) in [6, 6.07) is 0. The number of amides is 1. The molecule has 1 aromatic rings. The van der Waals surface area contributed by atoms with Crippen LogP contribution < -0.4 is 5.32 Å². The normalized spacial score (nSPS) is 15.7. The molecular weight excluding hydrogens is 230 g/mol. The van der Waals surface area contributed by atoms with E-state index in [1.165, 1.54) is 6.42 Å². The number of hydrogen-bond donors (Lipinski definition) is 1. The molecule has 1 fully saturated rings. The van der Waals surface area contributed by atoms with E-state index < -0.39 is 0 Å². The third-order valence-corrected chi connectivity index (χ3v) is 3.27. The Hall–Kier alpha value is -1.59. The predicted molar refractivity (Wildman–Crippen MR) is 69.2 cm³/mol. The number of aromatic nitrogens is 3. The molecule has 0 spiro atoms. The molecule has 1 aromatic heterocycles. The number of aryl methyl sites for hydroxylation is 1. The van der Waals surface area contributed by atoms with Gasteiger partial charge in [-0.05, 0) is 26.2 Å². The highest BCUT2D eigenvalue weighted by Crippen LogP contribution is 2.10. The second kappa shape index (κ2) is 6.37. The van der Waals surface area contributed by atoms with Crippen molar-refractivity contribution in [1.82, 2.24) is 19.9 Å². The van der Waals surface area contributed by atoms with Crippen LogP contribution in [0.1, 0.15) is 32.6 Å². The number of carbonyl (C=O) groups is 1. The van der Waals surface area contributed by atoms with Gasteiger partial charge in [0.05, 0.1) is 6.20 Å². The van der Waals surface area contributed by atoms with Gasteiger partial charge in [0, 0.05) is 32.6 Å². The molecule has 1 amide bonds. The van der Waals surface area contributed by atoms with Crippen LogP contribution in [0.3, 0.4) is 0 Å². The van der Waals surface area contributed by atoms with Gasteiger partial charge in [-0.1, -0.05) is 5.21 Å². The van der Waals surface area contributed by atoms with Gasteiger partial charge in [-0.3, -0.25) is 4.79 Å². The average Bonchev–Trinajstić information content (AvgIpc) is 2.87. The van der Waals surface area contributed by atoms with Crippen LogP contribution in [-0.4, -0.2) is 45.4 Å². The molecule has 0 saturated carbocycles. The van der Waals surface area contributed by atoms with Crippen molar-refractivity contribution in [1.29, 1.82) is 0 Å². The summed E-state index contributed by atoms with van der Waals surface area (Å²) in [5.74, 6) is 1.13.